The van der Waals surface area contributed by atoms with E-state index in [4.69, 9.17) is 26.2 Å². The van der Waals surface area contributed by atoms with Crippen LogP contribution < -0.4 is 5.32 Å². The maximum absolute atomic E-state index is 12.4. The number of carboxylic acid groups (broad SMARTS) is 1. The normalized spacial score (nSPS) is 12.7. The average molecular weight is 546 g/mol. The molecular formula is C29H46ClF2NO4. The van der Waals surface area contributed by atoms with Gasteiger partial charge in [-0.1, -0.05) is 54.8 Å². The first kappa shape index (κ1) is 37.1. The molecule has 0 amide bonds. The first-order valence-electron chi connectivity index (χ1n) is 12.5. The van der Waals surface area contributed by atoms with Gasteiger partial charge in [-0.25, -0.2) is 4.39 Å². The summed E-state index contributed by atoms with van der Waals surface area (Å²) in [6.45, 7) is 14.3. The van der Waals surface area contributed by atoms with Crippen LogP contribution in [0.3, 0.4) is 0 Å². The quantitative estimate of drug-likeness (QED) is 0.333. The van der Waals surface area contributed by atoms with Gasteiger partial charge in [0.15, 0.2) is 0 Å². The van der Waals surface area contributed by atoms with Crippen LogP contribution in [-0.4, -0.2) is 49.2 Å². The lowest BCUT2D eigenvalue weighted by molar-refractivity contribution is -0.122. The average Bonchev–Trinajstić information content (AvgIpc) is 3.43. The number of hydrogen-bond acceptors (Lipinski definition) is 4. The van der Waals surface area contributed by atoms with Crippen molar-refractivity contribution in [3.05, 3.63) is 69.5 Å². The fraction of sp³-hybridized carbons (Fsp3) is 0.552. The van der Waals surface area contributed by atoms with E-state index < -0.39 is 5.60 Å². The van der Waals surface area contributed by atoms with Crippen LogP contribution in [0.1, 0.15) is 75.3 Å². The zero-order valence-corrected chi connectivity index (χ0v) is 24.2. The Hall–Kier alpha value is -2.06. The summed E-state index contributed by atoms with van der Waals surface area (Å²) in [6.07, 6.45) is 5.01. The van der Waals surface area contributed by atoms with E-state index in [1.165, 1.54) is 48.7 Å². The Bertz CT molecular complexity index is 849. The number of rotatable bonds is 6. The molecule has 1 saturated heterocycles. The summed E-state index contributed by atoms with van der Waals surface area (Å²) in [5, 5.41) is 20.0. The molecule has 2 aromatic rings. The van der Waals surface area contributed by atoms with E-state index in [0.29, 0.717) is 13.8 Å². The molecule has 1 atom stereocenters. The van der Waals surface area contributed by atoms with Crippen LogP contribution in [0.5, 0.6) is 0 Å². The van der Waals surface area contributed by atoms with Crippen molar-refractivity contribution >= 4 is 18.1 Å². The molecular weight excluding hydrogens is 500 g/mol. The van der Waals surface area contributed by atoms with Gasteiger partial charge >= 0.3 is 0 Å². The zero-order valence-electron chi connectivity index (χ0n) is 23.4. The monoisotopic (exact) mass is 545 g/mol. The van der Waals surface area contributed by atoms with Gasteiger partial charge in [-0.3, -0.25) is 9.18 Å². The second-order valence-corrected chi connectivity index (χ2v) is 9.61. The number of alkyl halides is 1. The van der Waals surface area contributed by atoms with Gasteiger partial charge in [-0.2, -0.15) is 0 Å². The van der Waals surface area contributed by atoms with Crippen molar-refractivity contribution in [2.45, 2.75) is 78.9 Å². The minimum atomic E-state index is -0.774. The van der Waals surface area contributed by atoms with Crippen LogP contribution in [0.15, 0.2) is 36.4 Å². The Balaban J connectivity index is 0. The van der Waals surface area contributed by atoms with Crippen LogP contribution in [0, 0.1) is 19.7 Å². The SMILES string of the molecule is C1CCNC1.CCCc1cc(C)ccc1C(C)OCC(C)(C)O.CF.Cc1ccc(Cl)c(F)c1.O=CO. The highest BCUT2D eigenvalue weighted by atomic mass is 35.5. The fourth-order valence-corrected chi connectivity index (χ4v) is 3.38. The Labute approximate surface area is 227 Å². The molecule has 1 unspecified atom stereocenters. The standard InChI is InChI=1S/C16H26O2.C7H6ClF.C4H9N.CH3F.CH2O2/c1-6-7-14-10-12(2)8-9-15(14)13(3)18-11-16(4,5)17;1-5-2-3-6(8)7(9)4-5;1-2-4-5-3-1;1-2;2-1-3/h8-10,13,17H,6-7,11H2,1-5H3;2-4H,1H3;5H,1-4H2;1H3;1H,(H,2,3). The molecule has 1 aliphatic heterocycles. The highest BCUT2D eigenvalue weighted by Gasteiger charge is 2.17. The molecule has 0 radical (unpaired) electrons. The number of ether oxygens (including phenoxy) is 1. The Morgan fingerprint density at radius 1 is 1.11 bits per heavy atom. The van der Waals surface area contributed by atoms with Crippen molar-refractivity contribution in [1.29, 1.82) is 0 Å². The maximum Gasteiger partial charge on any atom is 0.290 e. The van der Waals surface area contributed by atoms with Crippen molar-refractivity contribution in [3.63, 3.8) is 0 Å². The van der Waals surface area contributed by atoms with Gasteiger partial charge < -0.3 is 20.3 Å². The summed E-state index contributed by atoms with van der Waals surface area (Å²) < 4.78 is 27.7. The van der Waals surface area contributed by atoms with Gasteiger partial charge in [0, 0.05) is 0 Å². The van der Waals surface area contributed by atoms with Crippen molar-refractivity contribution in [2.75, 3.05) is 26.9 Å². The molecule has 1 heterocycles. The summed E-state index contributed by atoms with van der Waals surface area (Å²) in [5.41, 5.74) is 4.00. The Morgan fingerprint density at radius 3 is 2.03 bits per heavy atom. The van der Waals surface area contributed by atoms with Crippen molar-refractivity contribution < 1.29 is 28.5 Å². The smallest absolute Gasteiger partial charge is 0.290 e. The van der Waals surface area contributed by atoms with E-state index in [0.717, 1.165) is 18.4 Å². The molecule has 0 spiro atoms. The lowest BCUT2D eigenvalue weighted by Crippen LogP contribution is -2.27. The van der Waals surface area contributed by atoms with E-state index in [1.54, 1.807) is 26.0 Å². The Morgan fingerprint density at radius 2 is 1.62 bits per heavy atom. The molecule has 5 nitrogen and oxygen atoms in total. The van der Waals surface area contributed by atoms with Gasteiger partial charge in [0.2, 0.25) is 0 Å². The van der Waals surface area contributed by atoms with Gasteiger partial charge in [-0.05, 0) is 95.8 Å². The lowest BCUT2D eigenvalue weighted by atomic mass is 9.97. The second kappa shape index (κ2) is 22.0. The third-order valence-electron chi connectivity index (χ3n) is 4.97. The molecule has 1 aliphatic rings. The molecule has 212 valence electrons. The van der Waals surface area contributed by atoms with Crippen molar-refractivity contribution in [2.24, 2.45) is 0 Å². The summed E-state index contributed by atoms with van der Waals surface area (Å²) in [7, 11) is 0.500. The third kappa shape index (κ3) is 19.7. The summed E-state index contributed by atoms with van der Waals surface area (Å²) in [6, 6.07) is 11.2. The topological polar surface area (TPSA) is 78.8 Å². The first-order valence-corrected chi connectivity index (χ1v) is 12.8. The fourth-order valence-electron chi connectivity index (χ4n) is 3.26. The van der Waals surface area contributed by atoms with E-state index in [1.807, 2.05) is 6.92 Å². The molecule has 0 bridgehead atoms. The van der Waals surface area contributed by atoms with Crippen LogP contribution >= 0.6 is 11.6 Å². The number of carbonyl (C=O) groups is 1. The lowest BCUT2D eigenvalue weighted by Gasteiger charge is -2.23. The van der Waals surface area contributed by atoms with Crippen LogP contribution in [-0.2, 0) is 16.0 Å². The predicted octanol–water partition coefficient (Wildman–Crippen LogP) is 7.24. The van der Waals surface area contributed by atoms with E-state index in [2.05, 4.69) is 44.3 Å². The summed E-state index contributed by atoms with van der Waals surface area (Å²) in [5.74, 6) is -0.350. The van der Waals surface area contributed by atoms with Crippen LogP contribution in [0.2, 0.25) is 5.02 Å². The largest absolute Gasteiger partial charge is 0.483 e. The molecule has 0 aliphatic carbocycles. The molecule has 3 N–H and O–H groups in total. The molecule has 0 saturated carbocycles. The van der Waals surface area contributed by atoms with E-state index in [9.17, 15) is 13.9 Å². The molecule has 3 rings (SSSR count). The van der Waals surface area contributed by atoms with E-state index in [-0.39, 0.29) is 23.4 Å². The van der Waals surface area contributed by atoms with Crippen molar-refractivity contribution in [1.82, 2.24) is 5.32 Å². The second-order valence-electron chi connectivity index (χ2n) is 9.20. The number of hydrogen-bond donors (Lipinski definition) is 3. The molecule has 0 aromatic heterocycles. The van der Waals surface area contributed by atoms with Crippen molar-refractivity contribution in [3.8, 4) is 0 Å². The Kier molecular flexibility index (Phi) is 22.0. The molecule has 2 aromatic carbocycles. The minimum Gasteiger partial charge on any atom is -0.483 e. The van der Waals surface area contributed by atoms with Gasteiger partial charge in [0.05, 0.1) is 30.5 Å². The minimum absolute atomic E-state index is 0.0265. The van der Waals surface area contributed by atoms with Gasteiger partial charge in [0.25, 0.3) is 6.47 Å². The number of halogens is 3. The number of benzene rings is 2. The number of aryl methyl sites for hydroxylation is 3. The first-order chi connectivity index (χ1) is 17.4. The molecule has 1 fully saturated rings. The van der Waals surface area contributed by atoms with Gasteiger partial charge in [0.1, 0.15) is 5.82 Å². The predicted molar refractivity (Wildman–Crippen MR) is 150 cm³/mol. The highest BCUT2D eigenvalue weighted by Crippen LogP contribution is 2.24. The third-order valence-corrected chi connectivity index (χ3v) is 5.28. The van der Waals surface area contributed by atoms with Crippen LogP contribution in [0.25, 0.3) is 0 Å². The summed E-state index contributed by atoms with van der Waals surface area (Å²) >= 11 is 5.41. The summed E-state index contributed by atoms with van der Waals surface area (Å²) in [4.78, 5) is 8.36. The van der Waals surface area contributed by atoms with E-state index >= 15 is 0 Å². The zero-order chi connectivity index (χ0) is 28.9. The van der Waals surface area contributed by atoms with Gasteiger partial charge in [-0.15, -0.1) is 0 Å². The highest BCUT2D eigenvalue weighted by molar-refractivity contribution is 6.30. The molecule has 8 heteroatoms. The van der Waals surface area contributed by atoms with Crippen LogP contribution in [0.4, 0.5) is 8.78 Å². The number of nitrogens with one attached hydrogen (secondary N) is 1. The maximum atomic E-state index is 12.4. The number of aliphatic hydroxyl groups is 1. The molecule has 37 heavy (non-hydrogen) atoms.